The van der Waals surface area contributed by atoms with Gasteiger partial charge in [-0.1, -0.05) is 0 Å². The summed E-state index contributed by atoms with van der Waals surface area (Å²) in [5, 5.41) is 22.5. The maximum Gasteiger partial charge on any atom is 0.341 e. The molecule has 0 aliphatic heterocycles. The van der Waals surface area contributed by atoms with Gasteiger partial charge in [0.05, 0.1) is 7.11 Å². The largest absolute Gasteiger partial charge is 0.508 e. The van der Waals surface area contributed by atoms with Gasteiger partial charge in [-0.25, -0.2) is 4.79 Å². The highest BCUT2D eigenvalue weighted by atomic mass is 16.5. The Bertz CT molecular complexity index is 704. The number of phenols is 2. The zero-order valence-electron chi connectivity index (χ0n) is 14.1. The molecule has 134 valence electrons. The molecule has 5 N–H and O–H groups in total. The zero-order chi connectivity index (χ0) is 18.2. The summed E-state index contributed by atoms with van der Waals surface area (Å²) in [7, 11) is 1.27. The molecule has 0 fully saturated rings. The van der Waals surface area contributed by atoms with Crippen LogP contribution in [0.25, 0.3) is 0 Å². The Morgan fingerprint density at radius 3 is 2.48 bits per heavy atom. The first-order valence-electron chi connectivity index (χ1n) is 7.94. The minimum absolute atomic E-state index is 0.127. The molecule has 7 heteroatoms. The van der Waals surface area contributed by atoms with E-state index in [2.05, 4.69) is 15.0 Å². The zero-order valence-corrected chi connectivity index (χ0v) is 14.1. The molecule has 0 aliphatic rings. The van der Waals surface area contributed by atoms with Gasteiger partial charge in [-0.3, -0.25) is 0 Å². The molecule has 25 heavy (non-hydrogen) atoms. The van der Waals surface area contributed by atoms with Gasteiger partial charge in [0.25, 0.3) is 0 Å². The standard InChI is InChI=1S/C18H23N3O4/c1-25-18(24)16-7-2-13(12-17(16)23)20-9-11-21(10-8-19)14-3-5-15(22)6-4-14/h2-7,12,20,22-23H,8-11,19H2,1H3. The summed E-state index contributed by atoms with van der Waals surface area (Å²) in [6.45, 7) is 2.48. The molecule has 0 radical (unpaired) electrons. The lowest BCUT2D eigenvalue weighted by Gasteiger charge is -2.24. The quantitative estimate of drug-likeness (QED) is 0.540. The van der Waals surface area contributed by atoms with Crippen molar-refractivity contribution in [2.75, 3.05) is 43.5 Å². The summed E-state index contributed by atoms with van der Waals surface area (Å²) in [5.74, 6) is -0.490. The second-order valence-electron chi connectivity index (χ2n) is 5.44. The molecule has 0 aliphatic carbocycles. The lowest BCUT2D eigenvalue weighted by atomic mass is 10.2. The number of hydrogen-bond donors (Lipinski definition) is 4. The Labute approximate surface area is 146 Å². The first-order valence-corrected chi connectivity index (χ1v) is 7.94. The minimum atomic E-state index is -0.578. The van der Waals surface area contributed by atoms with Crippen LogP contribution in [0.5, 0.6) is 11.5 Å². The van der Waals surface area contributed by atoms with E-state index in [9.17, 15) is 15.0 Å². The fourth-order valence-electron chi connectivity index (χ4n) is 2.45. The van der Waals surface area contributed by atoms with E-state index in [1.165, 1.54) is 19.2 Å². The second-order valence-corrected chi connectivity index (χ2v) is 5.44. The molecular weight excluding hydrogens is 322 g/mol. The van der Waals surface area contributed by atoms with Crippen LogP contribution < -0.4 is 16.0 Å². The highest BCUT2D eigenvalue weighted by Gasteiger charge is 2.12. The Morgan fingerprint density at radius 2 is 1.88 bits per heavy atom. The number of methoxy groups -OCH3 is 1. The van der Waals surface area contributed by atoms with E-state index < -0.39 is 5.97 Å². The molecule has 0 atom stereocenters. The third kappa shape index (κ3) is 5.02. The molecule has 0 spiro atoms. The van der Waals surface area contributed by atoms with Gasteiger partial charge in [0, 0.05) is 43.6 Å². The molecule has 0 bridgehead atoms. The smallest absolute Gasteiger partial charge is 0.341 e. The number of phenolic OH excluding ortho intramolecular Hbond substituents is 2. The number of rotatable bonds is 8. The minimum Gasteiger partial charge on any atom is -0.508 e. The second kappa shape index (κ2) is 8.79. The Hall–Kier alpha value is -2.93. The number of carbonyl (C=O) groups excluding carboxylic acids is 1. The first-order chi connectivity index (χ1) is 12.0. The summed E-state index contributed by atoms with van der Waals surface area (Å²) in [4.78, 5) is 13.6. The highest BCUT2D eigenvalue weighted by molar-refractivity contribution is 5.92. The van der Waals surface area contributed by atoms with E-state index in [4.69, 9.17) is 5.73 Å². The van der Waals surface area contributed by atoms with Crippen LogP contribution in [0.4, 0.5) is 11.4 Å². The Balaban J connectivity index is 1.96. The van der Waals surface area contributed by atoms with Crippen molar-refractivity contribution < 1.29 is 19.7 Å². The molecule has 0 amide bonds. The molecule has 7 nitrogen and oxygen atoms in total. The van der Waals surface area contributed by atoms with Crippen LogP contribution in [0.2, 0.25) is 0 Å². The first kappa shape index (κ1) is 18.4. The van der Waals surface area contributed by atoms with Crippen molar-refractivity contribution in [1.29, 1.82) is 0 Å². The van der Waals surface area contributed by atoms with Crippen LogP contribution >= 0.6 is 0 Å². The number of nitrogens with one attached hydrogen (secondary N) is 1. The van der Waals surface area contributed by atoms with Crippen LogP contribution in [0.3, 0.4) is 0 Å². The van der Waals surface area contributed by atoms with Gasteiger partial charge in [0.2, 0.25) is 0 Å². The van der Waals surface area contributed by atoms with Crippen LogP contribution in [0, 0.1) is 0 Å². The van der Waals surface area contributed by atoms with Crippen molar-refractivity contribution in [1.82, 2.24) is 0 Å². The van der Waals surface area contributed by atoms with Crippen molar-refractivity contribution >= 4 is 17.3 Å². The summed E-state index contributed by atoms with van der Waals surface area (Å²) in [6.07, 6.45) is 0. The highest BCUT2D eigenvalue weighted by Crippen LogP contribution is 2.23. The lowest BCUT2D eigenvalue weighted by Crippen LogP contribution is -2.33. The predicted octanol–water partition coefficient (Wildman–Crippen LogP) is 1.76. The van der Waals surface area contributed by atoms with E-state index in [1.54, 1.807) is 18.2 Å². The third-order valence-corrected chi connectivity index (χ3v) is 3.73. The number of nitrogens with zero attached hydrogens (tertiary/aromatic N) is 1. The SMILES string of the molecule is COC(=O)c1ccc(NCCN(CCN)c2ccc(O)cc2)cc1O. The van der Waals surface area contributed by atoms with Crippen LogP contribution in [0.1, 0.15) is 10.4 Å². The fraction of sp³-hybridized carbons (Fsp3) is 0.278. The van der Waals surface area contributed by atoms with Crippen molar-refractivity contribution in [2.45, 2.75) is 0 Å². The van der Waals surface area contributed by atoms with Gasteiger partial charge in [0.1, 0.15) is 17.1 Å². The van der Waals surface area contributed by atoms with Gasteiger partial charge < -0.3 is 30.9 Å². The predicted molar refractivity (Wildman–Crippen MR) is 97.3 cm³/mol. The molecule has 2 rings (SSSR count). The number of anilines is 2. The lowest BCUT2D eigenvalue weighted by molar-refractivity contribution is 0.0597. The fourth-order valence-corrected chi connectivity index (χ4v) is 2.45. The van der Waals surface area contributed by atoms with Crippen LogP contribution in [-0.2, 0) is 4.74 Å². The molecule has 0 unspecified atom stereocenters. The van der Waals surface area contributed by atoms with Crippen LogP contribution in [0.15, 0.2) is 42.5 Å². The molecule has 0 heterocycles. The normalized spacial score (nSPS) is 10.3. The van der Waals surface area contributed by atoms with E-state index >= 15 is 0 Å². The number of esters is 1. The number of aromatic hydroxyl groups is 2. The average Bonchev–Trinajstić information content (AvgIpc) is 2.61. The van der Waals surface area contributed by atoms with Gasteiger partial charge >= 0.3 is 5.97 Å². The maximum atomic E-state index is 11.5. The van der Waals surface area contributed by atoms with E-state index in [0.29, 0.717) is 31.9 Å². The molecule has 2 aromatic rings. The monoisotopic (exact) mass is 345 g/mol. The molecule has 0 saturated carbocycles. The molecule has 2 aromatic carbocycles. The topological polar surface area (TPSA) is 108 Å². The Morgan fingerprint density at radius 1 is 1.16 bits per heavy atom. The summed E-state index contributed by atoms with van der Waals surface area (Å²) >= 11 is 0. The number of nitrogens with two attached hydrogens (primary N) is 1. The summed E-state index contributed by atoms with van der Waals surface area (Å²) in [6, 6.07) is 11.6. The number of carbonyl (C=O) groups is 1. The maximum absolute atomic E-state index is 11.5. The van der Waals surface area contributed by atoms with Gasteiger partial charge in [-0.05, 0) is 36.4 Å². The number of hydrogen-bond acceptors (Lipinski definition) is 7. The van der Waals surface area contributed by atoms with E-state index in [-0.39, 0.29) is 17.1 Å². The molecule has 0 aromatic heterocycles. The molecular formula is C18H23N3O4. The van der Waals surface area contributed by atoms with Gasteiger partial charge in [0.15, 0.2) is 0 Å². The van der Waals surface area contributed by atoms with Crippen LogP contribution in [-0.4, -0.2) is 49.5 Å². The van der Waals surface area contributed by atoms with Gasteiger partial charge in [-0.2, -0.15) is 0 Å². The third-order valence-electron chi connectivity index (χ3n) is 3.73. The van der Waals surface area contributed by atoms with Crippen molar-refractivity contribution in [3.8, 4) is 11.5 Å². The van der Waals surface area contributed by atoms with Gasteiger partial charge in [-0.15, -0.1) is 0 Å². The Kier molecular flexibility index (Phi) is 6.47. The summed E-state index contributed by atoms with van der Waals surface area (Å²) in [5.41, 5.74) is 7.46. The van der Waals surface area contributed by atoms with Crippen molar-refractivity contribution in [3.05, 3.63) is 48.0 Å². The number of benzene rings is 2. The van der Waals surface area contributed by atoms with E-state index in [0.717, 1.165) is 5.69 Å². The average molecular weight is 345 g/mol. The van der Waals surface area contributed by atoms with Crippen molar-refractivity contribution in [3.63, 3.8) is 0 Å². The van der Waals surface area contributed by atoms with E-state index in [1.807, 2.05) is 12.1 Å². The number of ether oxygens (including phenoxy) is 1. The summed E-state index contributed by atoms with van der Waals surface area (Å²) < 4.78 is 4.60. The molecule has 0 saturated heterocycles. The van der Waals surface area contributed by atoms with Crippen molar-refractivity contribution in [2.24, 2.45) is 5.73 Å².